The summed E-state index contributed by atoms with van der Waals surface area (Å²) in [6.45, 7) is 10.4. The van der Waals surface area contributed by atoms with Crippen LogP contribution in [-0.2, 0) is 51.9 Å². The van der Waals surface area contributed by atoms with Crippen molar-refractivity contribution in [3.05, 3.63) is 166 Å². The molecule has 0 spiro atoms. The molecule has 4 unspecified atom stereocenters. The average Bonchev–Trinajstić information content (AvgIpc) is 3.91. The molecule has 0 fully saturated rings. The smallest absolute Gasteiger partial charge is 0.485 e. The number of allylic oxidation sites excluding steroid dienone is 4. The van der Waals surface area contributed by atoms with Crippen LogP contribution in [0.4, 0.5) is 13.2 Å². The first kappa shape index (κ1) is 42.2. The fraction of sp³-hybridized carbons (Fsp3) is 0.220. The van der Waals surface area contributed by atoms with Crippen molar-refractivity contribution < 1.29 is 80.4 Å². The van der Waals surface area contributed by atoms with Gasteiger partial charge >= 0.3 is 290 Å². The first-order valence-electron chi connectivity index (χ1n) is 17.6. The molecule has 0 aliphatic heterocycles. The van der Waals surface area contributed by atoms with Gasteiger partial charge in [-0.3, -0.25) is 0 Å². The molecule has 8 rings (SSSR count). The number of fused-ring (bicyclic) bond motifs is 4. The minimum absolute atomic E-state index is 0. The zero-order valence-electron chi connectivity index (χ0n) is 30.0. The zero-order valence-corrected chi connectivity index (χ0v) is 38.8. The third-order valence-corrected chi connectivity index (χ3v) is 53.7. The molecular weight excluding hydrogens is 904 g/mol. The predicted octanol–water partition coefficient (Wildman–Crippen LogP) is 7.30. The van der Waals surface area contributed by atoms with E-state index >= 15 is 0 Å². The minimum Gasteiger partial charge on any atom is -1.00 e. The van der Waals surface area contributed by atoms with Gasteiger partial charge in [0.25, 0.3) is 0 Å². The Bertz CT molecular complexity index is 1900. The Kier molecular flexibility index (Phi) is 14.2. The molecule has 0 radical (unpaired) electrons. The Labute approximate surface area is 335 Å². The molecule has 0 saturated heterocycles. The first-order valence-corrected chi connectivity index (χ1v) is 39.0. The second kappa shape index (κ2) is 17.9. The van der Waals surface area contributed by atoms with Crippen molar-refractivity contribution in [1.82, 2.24) is 0 Å². The minimum atomic E-state index is -6.09. The summed E-state index contributed by atoms with van der Waals surface area (Å²) < 4.78 is 62.0. The first-order chi connectivity index (χ1) is 24.8. The maximum absolute atomic E-state index is 10.7. The molecule has 0 aromatic heterocycles. The van der Waals surface area contributed by atoms with Gasteiger partial charge in [0.05, 0.1) is 0 Å². The van der Waals surface area contributed by atoms with E-state index < -0.39 is 69.3 Å². The van der Waals surface area contributed by atoms with Crippen LogP contribution in [0.25, 0.3) is 24.3 Å². The van der Waals surface area contributed by atoms with Gasteiger partial charge in [-0.05, 0) is 0 Å². The Hall–Kier alpha value is -1.97. The number of halogens is 4. The quantitative estimate of drug-likeness (QED) is 0.116. The van der Waals surface area contributed by atoms with Crippen LogP contribution in [0, 0.1) is 0 Å². The van der Waals surface area contributed by atoms with Gasteiger partial charge in [-0.15, -0.1) is 0 Å². The van der Waals surface area contributed by atoms with Crippen molar-refractivity contribution in [2.24, 2.45) is 0 Å². The van der Waals surface area contributed by atoms with Crippen LogP contribution in [0.1, 0.15) is 59.0 Å². The molecule has 4 atom stereocenters. The zero-order chi connectivity index (χ0) is 37.2. The van der Waals surface area contributed by atoms with Crippen LogP contribution in [0.3, 0.4) is 0 Å². The Morgan fingerprint density at radius 3 is 0.906 bits per heavy atom. The van der Waals surface area contributed by atoms with Crippen molar-refractivity contribution in [2.45, 2.75) is 46.2 Å². The predicted molar refractivity (Wildman–Crippen MR) is 206 cm³/mol. The number of benzene rings is 4. The summed E-state index contributed by atoms with van der Waals surface area (Å²) in [6, 6.07) is 36.2. The van der Waals surface area contributed by atoms with E-state index in [-0.39, 0.29) is 12.4 Å². The van der Waals surface area contributed by atoms with E-state index in [1.165, 1.54) is 22.3 Å². The molecule has 0 amide bonds. The van der Waals surface area contributed by atoms with Crippen molar-refractivity contribution in [2.75, 3.05) is 0 Å². The second-order valence-corrected chi connectivity index (χ2v) is 56.0. The fourth-order valence-electron chi connectivity index (χ4n) is 7.98. The molecule has 4 aromatic carbocycles. The van der Waals surface area contributed by atoms with Crippen LogP contribution in [0.5, 0.6) is 0 Å². The summed E-state index contributed by atoms with van der Waals surface area (Å²) in [7, 11) is -6.09. The molecule has 4 aromatic rings. The van der Waals surface area contributed by atoms with Gasteiger partial charge in [-0.1, -0.05) is 0 Å². The van der Waals surface area contributed by atoms with Crippen molar-refractivity contribution in [3.8, 4) is 0 Å². The van der Waals surface area contributed by atoms with Gasteiger partial charge in [0, 0.05) is 0 Å². The summed E-state index contributed by atoms with van der Waals surface area (Å²) in [5.74, 6) is -1.23. The molecule has 0 heterocycles. The van der Waals surface area contributed by atoms with Gasteiger partial charge in [0.2, 0.25) is 0 Å². The monoisotopic (exact) mass is 942 g/mol. The molecule has 0 saturated carbocycles. The third kappa shape index (κ3) is 9.36. The maximum atomic E-state index is 10.7. The summed E-state index contributed by atoms with van der Waals surface area (Å²) in [4.78, 5) is 0. The average molecular weight is 946 g/mol. The molecule has 12 heteroatoms. The molecule has 274 valence electrons. The summed E-state index contributed by atoms with van der Waals surface area (Å²) >= 11 is -3.23. The van der Waals surface area contributed by atoms with E-state index in [4.69, 9.17) is 13.0 Å². The number of hydrogen-bond donors (Lipinski definition) is 0. The van der Waals surface area contributed by atoms with Crippen LogP contribution in [0.15, 0.2) is 121 Å². The van der Waals surface area contributed by atoms with Crippen molar-refractivity contribution in [1.29, 1.82) is 0 Å². The van der Waals surface area contributed by atoms with Crippen molar-refractivity contribution in [3.63, 3.8) is 0 Å². The van der Waals surface area contributed by atoms with E-state index in [1.54, 1.807) is 22.3 Å². The van der Waals surface area contributed by atoms with Gasteiger partial charge in [0.1, 0.15) is 0 Å². The molecular formula is C41H42ClF3O3SSi2Zr2. The second-order valence-electron chi connectivity index (χ2n) is 14.1. The SMILES string of the molecule is C[SiH](C)[Zr+]([CH]1C=Cc2ccccc21)[CH]1C=Cc2ccccc21.C[SiH](C)[Zr+]([CH]1C=Cc2ccccc21)[CH]1C=Cc2ccccc21.O=S(=O)([O-])C(F)(F)F.[Cl-]. The Balaban J connectivity index is 0.000000168. The van der Waals surface area contributed by atoms with Gasteiger partial charge in [-0.25, -0.2) is 8.42 Å². The fourth-order valence-corrected chi connectivity index (χ4v) is 50.1. The topological polar surface area (TPSA) is 57.2 Å². The molecule has 4 aliphatic carbocycles. The normalized spacial score (nSPS) is 19.7. The number of rotatable bonds is 6. The Morgan fingerprint density at radius 1 is 0.509 bits per heavy atom. The molecule has 0 N–H and O–H groups in total. The standard InChI is InChI=1S/4C9H7.2C2H7Si.CHF3O3S.ClH.2Zr/c4*1-2-5-9-7-3-6-8(9)4-1;2*1-3-2;2-1(3,4)8(5,6)7;;;/h4*1-7H;2*3H,1-2H3;(H,5,6,7);1H;;/q;;;;;;;;2*+1/p-2. The van der Waals surface area contributed by atoms with E-state index in [1.807, 2.05) is 0 Å². The summed E-state index contributed by atoms with van der Waals surface area (Å²) in [5.41, 5.74) is 6.71. The van der Waals surface area contributed by atoms with Gasteiger partial charge in [0.15, 0.2) is 10.1 Å². The summed E-state index contributed by atoms with van der Waals surface area (Å²) in [6.07, 6.45) is 19.7. The molecule has 3 nitrogen and oxygen atoms in total. The summed E-state index contributed by atoms with van der Waals surface area (Å²) in [5, 5.41) is 0. The van der Waals surface area contributed by atoms with Crippen LogP contribution in [0.2, 0.25) is 26.2 Å². The molecule has 0 bridgehead atoms. The molecule has 4 aliphatic rings. The van der Waals surface area contributed by atoms with E-state index in [0.29, 0.717) is 0 Å². The largest absolute Gasteiger partial charge is 1.00 e. The Morgan fingerprint density at radius 2 is 0.717 bits per heavy atom. The van der Waals surface area contributed by atoms with Gasteiger partial charge in [-0.2, -0.15) is 13.2 Å². The van der Waals surface area contributed by atoms with E-state index in [2.05, 4.69) is 172 Å². The third-order valence-electron chi connectivity index (χ3n) is 10.3. The molecule has 53 heavy (non-hydrogen) atoms. The van der Waals surface area contributed by atoms with Crippen LogP contribution < -0.4 is 12.4 Å². The van der Waals surface area contributed by atoms with E-state index in [0.717, 1.165) is 14.5 Å². The van der Waals surface area contributed by atoms with Gasteiger partial charge < -0.3 is 17.0 Å². The number of hydrogen-bond acceptors (Lipinski definition) is 3. The van der Waals surface area contributed by atoms with Crippen LogP contribution >= 0.6 is 0 Å². The maximum Gasteiger partial charge on any atom is 0.485 e. The van der Waals surface area contributed by atoms with E-state index in [9.17, 15) is 13.2 Å². The van der Waals surface area contributed by atoms with Crippen molar-refractivity contribution >= 4 is 46.3 Å². The van der Waals surface area contributed by atoms with Crippen LogP contribution in [-0.4, -0.2) is 30.3 Å². The number of alkyl halides is 3.